The monoisotopic (exact) mass is 319 g/mol. The normalized spacial score (nSPS) is 12.1. The predicted octanol–water partition coefficient (Wildman–Crippen LogP) is 2.17. The number of hydrogen-bond acceptors (Lipinski definition) is 3. The number of fused-ring (bicyclic) bond motifs is 1. The molecule has 0 saturated carbocycles. The molecule has 0 unspecified atom stereocenters. The van der Waals surface area contributed by atoms with E-state index in [1.807, 2.05) is 30.3 Å². The molecule has 112 valence electrons. The van der Waals surface area contributed by atoms with E-state index in [4.69, 9.17) is 0 Å². The van der Waals surface area contributed by atoms with Gasteiger partial charge in [0.05, 0.1) is 5.22 Å². The molecule has 2 aromatic rings. The van der Waals surface area contributed by atoms with Crippen LogP contribution in [0.25, 0.3) is 34.5 Å². The van der Waals surface area contributed by atoms with Gasteiger partial charge in [-0.3, -0.25) is 4.79 Å². The van der Waals surface area contributed by atoms with Gasteiger partial charge in [0.25, 0.3) is 5.56 Å². The molecular weight excluding hydrogens is 306 g/mol. The molecule has 0 saturated heterocycles. The maximum absolute atomic E-state index is 12.2. The second kappa shape index (κ2) is 5.37. The summed E-state index contributed by atoms with van der Waals surface area (Å²) in [6.45, 7) is 3.73. The molecule has 0 atom stereocenters. The summed E-state index contributed by atoms with van der Waals surface area (Å²) in [6, 6.07) is 14.3. The van der Waals surface area contributed by atoms with Crippen molar-refractivity contribution in [1.29, 1.82) is 0 Å². The van der Waals surface area contributed by atoms with E-state index in [2.05, 4.69) is 39.7 Å². The summed E-state index contributed by atoms with van der Waals surface area (Å²) in [6.07, 6.45) is 3.66. The van der Waals surface area contributed by atoms with E-state index in [-0.39, 0.29) is 5.56 Å². The Hall–Kier alpha value is -2.92. The summed E-state index contributed by atoms with van der Waals surface area (Å²) in [4.78, 5) is 24.3. The molecule has 3 heterocycles. The van der Waals surface area contributed by atoms with E-state index in [0.717, 1.165) is 10.4 Å². The van der Waals surface area contributed by atoms with E-state index in [1.54, 1.807) is 17.5 Å². The maximum atomic E-state index is 12.2. The molecule has 2 aliphatic heterocycles. The molecule has 2 N–H and O–H groups in total. The van der Waals surface area contributed by atoms with E-state index < -0.39 is 0 Å². The minimum absolute atomic E-state index is 0.138. The third-order valence-corrected chi connectivity index (χ3v) is 4.70. The Kier molecular flexibility index (Phi) is 3.20. The Balaban J connectivity index is 1.83. The van der Waals surface area contributed by atoms with Crippen LogP contribution < -0.4 is 16.3 Å². The van der Waals surface area contributed by atoms with Crippen molar-refractivity contribution in [3.8, 4) is 21.8 Å². The first kappa shape index (κ1) is 13.7. The van der Waals surface area contributed by atoms with Gasteiger partial charge in [0, 0.05) is 21.5 Å². The highest BCUT2D eigenvalue weighted by Gasteiger charge is 2.11. The van der Waals surface area contributed by atoms with Crippen molar-refractivity contribution in [2.45, 2.75) is 0 Å². The minimum Gasteiger partial charge on any atom is -0.346 e. The average molecular weight is 319 g/mol. The first-order chi connectivity index (χ1) is 11.2. The Bertz CT molecular complexity index is 1110. The smallest absolute Gasteiger partial charge is 0.257 e. The summed E-state index contributed by atoms with van der Waals surface area (Å²) >= 11 is 1.65. The van der Waals surface area contributed by atoms with E-state index >= 15 is 0 Å². The number of nitrogens with zero attached hydrogens (tertiary/aromatic N) is 1. The van der Waals surface area contributed by atoms with Crippen LogP contribution in [-0.4, -0.2) is 15.0 Å². The number of nitrogens with one attached hydrogen (secondary N) is 2. The topological polar surface area (TPSA) is 61.5 Å². The molecule has 0 aliphatic carbocycles. The summed E-state index contributed by atoms with van der Waals surface area (Å²) < 4.78 is 0. The first-order valence-corrected chi connectivity index (χ1v) is 7.96. The fourth-order valence-corrected chi connectivity index (χ4v) is 3.48. The Morgan fingerprint density at radius 1 is 1.13 bits per heavy atom. The Morgan fingerprint density at radius 2 is 1.96 bits per heavy atom. The third kappa shape index (κ3) is 2.51. The molecule has 0 spiro atoms. The lowest BCUT2D eigenvalue weighted by atomic mass is 10.2. The number of benzene rings is 1. The van der Waals surface area contributed by atoms with Gasteiger partial charge in [-0.05, 0) is 23.8 Å². The second-order valence-corrected chi connectivity index (χ2v) is 6.30. The van der Waals surface area contributed by atoms with Gasteiger partial charge in [-0.25, -0.2) is 4.98 Å². The number of rotatable bonds is 2. The molecule has 0 fully saturated rings. The number of hydrogen-bond donors (Lipinski definition) is 2. The van der Waals surface area contributed by atoms with Crippen LogP contribution in [0, 0.1) is 0 Å². The zero-order valence-corrected chi connectivity index (χ0v) is 13.0. The lowest BCUT2D eigenvalue weighted by Crippen LogP contribution is -2.21. The van der Waals surface area contributed by atoms with Gasteiger partial charge < -0.3 is 9.97 Å². The molecular formula is C18H13N3OS. The highest BCUT2D eigenvalue weighted by atomic mass is 32.1. The molecule has 5 heteroatoms. The average Bonchev–Trinajstić information content (AvgIpc) is 3.14. The van der Waals surface area contributed by atoms with Gasteiger partial charge in [0.2, 0.25) is 0 Å². The molecule has 4 nitrogen and oxygen atoms in total. The van der Waals surface area contributed by atoms with E-state index in [9.17, 15) is 4.79 Å². The van der Waals surface area contributed by atoms with E-state index in [1.165, 1.54) is 10.4 Å². The van der Waals surface area contributed by atoms with Crippen molar-refractivity contribution in [1.82, 2.24) is 15.0 Å². The fourth-order valence-electron chi connectivity index (χ4n) is 2.52. The number of aromatic nitrogens is 3. The van der Waals surface area contributed by atoms with Gasteiger partial charge in [-0.1, -0.05) is 36.9 Å². The lowest BCUT2D eigenvalue weighted by Gasteiger charge is -1.95. The van der Waals surface area contributed by atoms with Crippen LogP contribution in [0.5, 0.6) is 0 Å². The van der Waals surface area contributed by atoms with Crippen LogP contribution in [0.4, 0.5) is 0 Å². The summed E-state index contributed by atoms with van der Waals surface area (Å²) in [7, 11) is 0. The Morgan fingerprint density at radius 3 is 2.78 bits per heavy atom. The van der Waals surface area contributed by atoms with Crippen LogP contribution in [0.1, 0.15) is 4.88 Å². The molecule has 1 aromatic carbocycles. The van der Waals surface area contributed by atoms with Gasteiger partial charge >= 0.3 is 0 Å². The zero-order chi connectivity index (χ0) is 15.8. The van der Waals surface area contributed by atoms with Crippen LogP contribution in [0.2, 0.25) is 0 Å². The largest absolute Gasteiger partial charge is 0.346 e. The standard InChI is InChI=1S/C18H13N3OS/c1-11-19-10-15-14(18(22)21-17(15)20-11)9-13-7-8-16(23-13)12-5-3-2-4-6-12/h2-10,19H,1H2,(H,20,21,22). The molecule has 0 bridgehead atoms. The van der Waals surface area contributed by atoms with Crippen molar-refractivity contribution < 1.29 is 0 Å². The summed E-state index contributed by atoms with van der Waals surface area (Å²) in [5, 5.41) is 0.616. The van der Waals surface area contributed by atoms with E-state index in [0.29, 0.717) is 16.5 Å². The van der Waals surface area contributed by atoms with Crippen molar-refractivity contribution in [3.63, 3.8) is 0 Å². The summed E-state index contributed by atoms with van der Waals surface area (Å²) in [5.41, 5.74) is 2.33. The SMILES string of the molecule is C=c1nc2[nH]c(=O)c(=Cc3ccc(-c4ccccc4)s3)c-2c[nH]1. The van der Waals surface area contributed by atoms with Gasteiger partial charge in [0.15, 0.2) is 0 Å². The van der Waals surface area contributed by atoms with Crippen LogP contribution in [0.3, 0.4) is 0 Å². The molecule has 1 aromatic heterocycles. The van der Waals surface area contributed by atoms with Crippen LogP contribution in [-0.2, 0) is 0 Å². The molecule has 23 heavy (non-hydrogen) atoms. The van der Waals surface area contributed by atoms with Crippen molar-refractivity contribution >= 4 is 24.0 Å². The first-order valence-electron chi connectivity index (χ1n) is 7.14. The quantitative estimate of drug-likeness (QED) is 0.595. The summed E-state index contributed by atoms with van der Waals surface area (Å²) in [5.74, 6) is 0.560. The molecule has 0 radical (unpaired) electrons. The zero-order valence-electron chi connectivity index (χ0n) is 12.2. The number of H-pyrrole nitrogens is 2. The van der Waals surface area contributed by atoms with Crippen molar-refractivity contribution in [3.05, 3.63) is 74.6 Å². The maximum Gasteiger partial charge on any atom is 0.257 e. The fraction of sp³-hybridized carbons (Fsp3) is 0. The third-order valence-electron chi connectivity index (χ3n) is 3.62. The molecule has 0 amide bonds. The van der Waals surface area contributed by atoms with Crippen LogP contribution >= 0.6 is 11.3 Å². The van der Waals surface area contributed by atoms with Crippen molar-refractivity contribution in [2.75, 3.05) is 0 Å². The second-order valence-electron chi connectivity index (χ2n) is 5.19. The van der Waals surface area contributed by atoms with Gasteiger partial charge in [-0.15, -0.1) is 11.3 Å². The number of thiophene rings is 1. The van der Waals surface area contributed by atoms with Gasteiger partial charge in [-0.2, -0.15) is 0 Å². The van der Waals surface area contributed by atoms with Gasteiger partial charge in [0.1, 0.15) is 11.3 Å². The molecule has 4 rings (SSSR count). The van der Waals surface area contributed by atoms with Crippen LogP contribution in [0.15, 0.2) is 53.5 Å². The lowest BCUT2D eigenvalue weighted by molar-refractivity contribution is 1.07. The highest BCUT2D eigenvalue weighted by Crippen LogP contribution is 2.28. The highest BCUT2D eigenvalue weighted by molar-refractivity contribution is 7.16. The van der Waals surface area contributed by atoms with Crippen molar-refractivity contribution in [2.24, 2.45) is 0 Å². The predicted molar refractivity (Wildman–Crippen MR) is 93.9 cm³/mol. The molecule has 2 aliphatic rings. The Labute approximate surface area is 135 Å². The number of aromatic amines is 2. The minimum atomic E-state index is -0.138.